The molecule has 0 radical (unpaired) electrons. The minimum Gasteiger partial charge on any atom is -0.454 e. The fraction of sp³-hybridized carbons (Fsp3) is 0.474. The maximum atomic E-state index is 13.6. The average molecular weight is 418 g/mol. The van der Waals surface area contributed by atoms with Gasteiger partial charge in [-0.3, -0.25) is 9.59 Å². The molecule has 0 aliphatic carbocycles. The van der Waals surface area contributed by atoms with E-state index in [1.807, 2.05) is 6.07 Å². The van der Waals surface area contributed by atoms with Crippen molar-refractivity contribution in [3.05, 3.63) is 23.8 Å². The smallest absolute Gasteiger partial charge is 0.261 e. The number of likely N-dealkylation sites (N-methyl/N-ethyl adjacent to an activating group) is 1. The number of ether oxygens (including phenoxy) is 2. The summed E-state index contributed by atoms with van der Waals surface area (Å²) in [4.78, 5) is 27.9. The SMILES string of the molecule is C#[SH]1S[C@@]2(C)C(=O)N3[C@@H](c4ccc5c(c4)OCO5)[C@](C)(C#N)C[C@@]31C(=O)N2C. The number of fused-ring (bicyclic) bond motifs is 3. The first-order chi connectivity index (χ1) is 13.2. The molecule has 5 aliphatic heterocycles. The van der Waals surface area contributed by atoms with Crippen LogP contribution in [0.1, 0.15) is 31.9 Å². The predicted molar refractivity (Wildman–Crippen MR) is 106 cm³/mol. The quantitative estimate of drug-likeness (QED) is 0.558. The van der Waals surface area contributed by atoms with E-state index in [9.17, 15) is 14.9 Å². The normalized spacial score (nSPS) is 40.6. The summed E-state index contributed by atoms with van der Waals surface area (Å²) < 4.78 is 10.9. The minimum absolute atomic E-state index is 0.137. The van der Waals surface area contributed by atoms with Crippen LogP contribution in [0.4, 0.5) is 0 Å². The van der Waals surface area contributed by atoms with E-state index < -0.39 is 30.5 Å². The topological polar surface area (TPSA) is 82.9 Å². The highest BCUT2D eigenvalue weighted by molar-refractivity contribution is 8.81. The summed E-state index contributed by atoms with van der Waals surface area (Å²) in [5, 5.41) is 10.1. The third-order valence-electron chi connectivity index (χ3n) is 6.39. The molecule has 1 unspecified atom stereocenters. The van der Waals surface area contributed by atoms with E-state index in [0.29, 0.717) is 11.5 Å². The Morgan fingerprint density at radius 3 is 2.71 bits per heavy atom. The molecule has 1 spiro atoms. The molecule has 2 amide bonds. The van der Waals surface area contributed by atoms with Gasteiger partial charge in [-0.2, -0.15) is 5.26 Å². The van der Waals surface area contributed by atoms with Gasteiger partial charge in [0, 0.05) is 13.5 Å². The van der Waals surface area contributed by atoms with E-state index >= 15 is 0 Å². The van der Waals surface area contributed by atoms with Gasteiger partial charge in [-0.1, -0.05) is 16.9 Å². The lowest BCUT2D eigenvalue weighted by Gasteiger charge is -2.59. The first-order valence-electron chi connectivity index (χ1n) is 8.86. The molecule has 0 saturated carbocycles. The number of nitrogens with zero attached hydrogens (tertiary/aromatic N) is 3. The summed E-state index contributed by atoms with van der Waals surface area (Å²) in [6.07, 6.45) is 0.218. The molecule has 0 N–H and O–H groups in total. The van der Waals surface area contributed by atoms with Crippen molar-refractivity contribution in [2.24, 2.45) is 5.41 Å². The molecule has 146 valence electrons. The van der Waals surface area contributed by atoms with Crippen molar-refractivity contribution < 1.29 is 19.1 Å². The number of hydrogen-bond acceptors (Lipinski definition) is 6. The van der Waals surface area contributed by atoms with Crippen LogP contribution in [-0.4, -0.2) is 45.2 Å². The van der Waals surface area contributed by atoms with Crippen molar-refractivity contribution in [3.8, 4) is 23.3 Å². The van der Waals surface area contributed by atoms with Gasteiger partial charge < -0.3 is 19.3 Å². The van der Waals surface area contributed by atoms with Gasteiger partial charge in [0.25, 0.3) is 11.8 Å². The third-order valence-corrected chi connectivity index (χ3v) is 11.2. The minimum atomic E-state index is -1.37. The lowest BCUT2D eigenvalue weighted by atomic mass is 9.79. The Kier molecular flexibility index (Phi) is 3.31. The highest BCUT2D eigenvalue weighted by Gasteiger charge is 2.74. The maximum Gasteiger partial charge on any atom is 0.261 e. The molecule has 5 aliphatic rings. The standard InChI is InChI=1S/C19H19N3O4S2/c1-17(9-20)8-19-16(24)21(3)18(2,27-28(19)4)15(23)22(19)14(17)11-5-6-12-13(7-11)26-10-25-12/h4-7,14,28H,8,10H2,1-3H3/t14-,17-,18-,19+/m0/s1. The molecule has 2 bridgehead atoms. The van der Waals surface area contributed by atoms with Crippen molar-refractivity contribution in [1.29, 1.82) is 5.26 Å². The number of piperazine rings is 1. The van der Waals surface area contributed by atoms with Crippen LogP contribution in [0.2, 0.25) is 0 Å². The molecule has 5 atom stereocenters. The van der Waals surface area contributed by atoms with Crippen LogP contribution in [-0.2, 0) is 9.59 Å². The lowest BCUT2D eigenvalue weighted by molar-refractivity contribution is -0.164. The first-order valence-corrected chi connectivity index (χ1v) is 11.7. The van der Waals surface area contributed by atoms with Gasteiger partial charge in [0.15, 0.2) is 21.2 Å². The van der Waals surface area contributed by atoms with E-state index in [1.165, 1.54) is 15.7 Å². The summed E-state index contributed by atoms with van der Waals surface area (Å²) in [7, 11) is 1.63. The zero-order valence-corrected chi connectivity index (χ0v) is 17.3. The van der Waals surface area contributed by atoms with Crippen LogP contribution in [0.25, 0.3) is 0 Å². The second-order valence-electron chi connectivity index (χ2n) is 7.98. The molecule has 4 fully saturated rings. The molecule has 7 nitrogen and oxygen atoms in total. The van der Waals surface area contributed by atoms with Crippen molar-refractivity contribution in [1.82, 2.24) is 9.80 Å². The highest BCUT2D eigenvalue weighted by Crippen LogP contribution is 2.71. The van der Waals surface area contributed by atoms with Crippen LogP contribution in [0.3, 0.4) is 0 Å². The van der Waals surface area contributed by atoms with E-state index in [2.05, 4.69) is 6.07 Å². The van der Waals surface area contributed by atoms with Gasteiger partial charge in [0.1, 0.15) is 0 Å². The van der Waals surface area contributed by atoms with Crippen LogP contribution >= 0.6 is 20.1 Å². The molecule has 5 heterocycles. The van der Waals surface area contributed by atoms with Crippen LogP contribution in [0, 0.1) is 22.4 Å². The number of carbonyl (C=O) groups excluding carboxylic acids is 2. The molecule has 1 aromatic carbocycles. The van der Waals surface area contributed by atoms with E-state index in [4.69, 9.17) is 15.2 Å². The van der Waals surface area contributed by atoms with Gasteiger partial charge in [0.2, 0.25) is 6.79 Å². The monoisotopic (exact) mass is 417 g/mol. The summed E-state index contributed by atoms with van der Waals surface area (Å²) in [5.41, 5.74) is 6.32. The molecule has 0 aromatic heterocycles. The van der Waals surface area contributed by atoms with Gasteiger partial charge in [-0.05, 0) is 31.5 Å². The van der Waals surface area contributed by atoms with Crippen molar-refractivity contribution >= 4 is 31.9 Å². The predicted octanol–water partition coefficient (Wildman–Crippen LogP) is 2.36. The number of thiol groups is 1. The Balaban J connectivity index is 1.75. The van der Waals surface area contributed by atoms with Crippen molar-refractivity contribution in [2.75, 3.05) is 13.8 Å². The third kappa shape index (κ3) is 1.79. The Bertz CT molecular complexity index is 1080. The molecule has 4 saturated heterocycles. The number of amides is 2. The zero-order valence-electron chi connectivity index (χ0n) is 15.6. The second kappa shape index (κ2) is 5.20. The van der Waals surface area contributed by atoms with Crippen LogP contribution in [0.15, 0.2) is 18.2 Å². The van der Waals surface area contributed by atoms with Gasteiger partial charge in [-0.25, -0.2) is 0 Å². The molecule has 6 rings (SSSR count). The molecular formula is C19H19N3O4S2. The van der Waals surface area contributed by atoms with Crippen molar-refractivity contribution in [3.63, 3.8) is 0 Å². The van der Waals surface area contributed by atoms with Gasteiger partial charge in [0.05, 0.1) is 17.5 Å². The van der Waals surface area contributed by atoms with E-state index in [1.54, 1.807) is 37.9 Å². The Morgan fingerprint density at radius 1 is 1.29 bits per heavy atom. The molecule has 9 heteroatoms. The van der Waals surface area contributed by atoms with Crippen LogP contribution in [0.5, 0.6) is 11.5 Å². The maximum absolute atomic E-state index is 13.6. The summed E-state index contributed by atoms with van der Waals surface area (Å²) in [5.74, 6) is 0.852. The van der Waals surface area contributed by atoms with E-state index in [0.717, 1.165) is 5.56 Å². The molecular weight excluding hydrogens is 398 g/mol. The zero-order chi connectivity index (χ0) is 20.1. The number of benzene rings is 1. The van der Waals surface area contributed by atoms with Crippen LogP contribution < -0.4 is 9.47 Å². The van der Waals surface area contributed by atoms with E-state index in [-0.39, 0.29) is 25.0 Å². The number of hydrogen-bond donors (Lipinski definition) is 1. The Hall–Kier alpha value is -2.27. The highest BCUT2D eigenvalue weighted by atomic mass is 33.1. The summed E-state index contributed by atoms with van der Waals surface area (Å²) in [6, 6.07) is 7.22. The summed E-state index contributed by atoms with van der Waals surface area (Å²) in [6.45, 7) is 3.68. The van der Waals surface area contributed by atoms with Gasteiger partial charge >= 0.3 is 0 Å². The lowest BCUT2D eigenvalue weighted by Crippen LogP contribution is -2.74. The number of nitriles is 1. The van der Waals surface area contributed by atoms with Crippen molar-refractivity contribution in [2.45, 2.75) is 36.1 Å². The average Bonchev–Trinajstić information content (AvgIpc) is 3.24. The molecule has 28 heavy (non-hydrogen) atoms. The number of carbonyl (C=O) groups is 2. The second-order valence-corrected chi connectivity index (χ2v) is 12.1. The summed E-state index contributed by atoms with van der Waals surface area (Å²) >= 11 is 0. The fourth-order valence-corrected chi connectivity index (χ4v) is 9.89. The van der Waals surface area contributed by atoms with Gasteiger partial charge in [-0.15, -0.1) is 15.0 Å². The molecule has 1 aromatic rings. The fourth-order valence-electron chi connectivity index (χ4n) is 4.83. The number of rotatable bonds is 1. The Morgan fingerprint density at radius 2 is 2.00 bits per heavy atom. The first kappa shape index (κ1) is 17.8. The largest absolute Gasteiger partial charge is 0.454 e. The Labute approximate surface area is 168 Å².